The van der Waals surface area contributed by atoms with Crippen molar-refractivity contribution < 1.29 is 26.2 Å². The first-order chi connectivity index (χ1) is 35.4. The van der Waals surface area contributed by atoms with E-state index in [1.165, 1.54) is 83.5 Å². The quantitative estimate of drug-likeness (QED) is 0.246. The average molecular weight is 1170 g/mol. The molecule has 0 heterocycles. The summed E-state index contributed by atoms with van der Waals surface area (Å²) in [5.41, 5.74) is 6.84. The normalized spacial score (nSPS) is 41.0. The molecule has 0 saturated heterocycles. The minimum Gasteiger partial charge on any atom is -0.358 e. The zero-order valence-corrected chi connectivity index (χ0v) is 59.9. The molecule has 79 heavy (non-hydrogen) atoms. The van der Waals surface area contributed by atoms with E-state index in [1.807, 2.05) is 0 Å². The SMILES string of the molecule is C1CCC2C(C1)CCC2CC1CCC2CCCCC21.CC(C)CC1CCC2C=C3CCCC3=CC21.CC1C(C)C(C)C(C)C1C.CC1C(C)C(C)C(C)C1C.CC1CCC2C=C3CCCC3=CC12.CCC.CCC.[CH3-].[CH3-].[CH3-].[CH3-].[Zr+4]. The minimum absolute atomic E-state index is 0. The van der Waals surface area contributed by atoms with E-state index in [-0.39, 0.29) is 55.9 Å². The fourth-order valence-electron chi connectivity index (χ4n) is 19.0. The second-order valence-electron chi connectivity index (χ2n) is 29.8. The molecule has 12 aliphatic rings. The largest absolute Gasteiger partial charge is 4.00 e. The van der Waals surface area contributed by atoms with Crippen molar-refractivity contribution in [3.05, 3.63) is 76.3 Å². The number of hydrogen-bond acceptors (Lipinski definition) is 0. The minimum atomic E-state index is 0. The smallest absolute Gasteiger partial charge is 0.358 e. The summed E-state index contributed by atoms with van der Waals surface area (Å²) in [7, 11) is 0. The number of fused-ring (bicyclic) bond motifs is 6. The molecule has 0 aromatic heterocycles. The van der Waals surface area contributed by atoms with Crippen LogP contribution < -0.4 is 0 Å². The Morgan fingerprint density at radius 3 is 1.03 bits per heavy atom. The van der Waals surface area contributed by atoms with Crippen molar-refractivity contribution in [2.45, 2.75) is 285 Å². The number of hydrogen-bond donors (Lipinski definition) is 0. The molecule has 12 rings (SSSR count). The van der Waals surface area contributed by atoms with Crippen molar-refractivity contribution in [3.8, 4) is 0 Å². The Morgan fingerprint density at radius 1 is 0.354 bits per heavy atom. The first kappa shape index (κ1) is 76.9. The monoisotopic (exact) mass is 1170 g/mol. The van der Waals surface area contributed by atoms with Gasteiger partial charge >= 0.3 is 26.2 Å². The van der Waals surface area contributed by atoms with Crippen LogP contribution in [0.1, 0.15) is 285 Å². The third-order valence-electron chi connectivity index (χ3n) is 24.9. The van der Waals surface area contributed by atoms with Crippen molar-refractivity contribution in [2.75, 3.05) is 0 Å². The molecule has 1 heteroatoms. The summed E-state index contributed by atoms with van der Waals surface area (Å²) in [5, 5.41) is 0. The molecule has 0 bridgehead atoms. The molecule has 10 saturated carbocycles. The van der Waals surface area contributed by atoms with Crippen molar-refractivity contribution in [1.82, 2.24) is 0 Å². The van der Waals surface area contributed by atoms with E-state index in [9.17, 15) is 0 Å². The maximum Gasteiger partial charge on any atom is 4.00 e. The molecule has 458 valence electrons. The van der Waals surface area contributed by atoms with E-state index in [2.05, 4.69) is 142 Å². The van der Waals surface area contributed by atoms with Crippen LogP contribution in [0.4, 0.5) is 0 Å². The van der Waals surface area contributed by atoms with Gasteiger partial charge in [-0.05, 0) is 274 Å². The molecule has 0 aliphatic heterocycles. The van der Waals surface area contributed by atoms with Gasteiger partial charge < -0.3 is 29.7 Å². The zero-order chi connectivity index (χ0) is 53.8. The second-order valence-corrected chi connectivity index (χ2v) is 29.8. The van der Waals surface area contributed by atoms with E-state index in [1.54, 1.807) is 106 Å². The van der Waals surface area contributed by atoms with Gasteiger partial charge in [0.05, 0.1) is 0 Å². The van der Waals surface area contributed by atoms with Gasteiger partial charge in [-0.15, -0.1) is 0 Å². The molecule has 12 atom stereocenters. The Labute approximate surface area is 519 Å². The third-order valence-corrected chi connectivity index (χ3v) is 24.9. The van der Waals surface area contributed by atoms with E-state index in [0.717, 1.165) is 136 Å². The van der Waals surface area contributed by atoms with Crippen LogP contribution in [0.3, 0.4) is 0 Å². The molecule has 0 N–H and O–H groups in total. The van der Waals surface area contributed by atoms with Crippen molar-refractivity contribution >= 4 is 0 Å². The number of rotatable bonds is 4. The fraction of sp³-hybridized carbons (Fsp3) is 0.846. The summed E-state index contributed by atoms with van der Waals surface area (Å²) in [6.45, 7) is 39.7. The standard InChI is InChI=1S/C19H32.C16H24.C13H18.2C10H20.2C3H8.4CH3.Zr/c1-3-7-18-14(5-1)9-11-16(18)13-17-12-10-15-6-2-4-8-19(15)17;1-11(2)8-14-6-7-15-9-12-4-3-5-13(12)10-16(14)15;1-9-5-6-12-7-10-3-2-4-11(10)8-13(9)12;2*1-6-7(2)9(4)10(5)8(6)3;2*1-3-2;;;;;/h14-19H,1-13H2;9-11,14-16H,3-8H2,1-2H3;7-9,12-13H,2-6H2,1H3;2*6-10H,1-5H3;2*3H2,1-2H3;4*1H3;/q;;;;;;;4*-1;+4. The maximum absolute atomic E-state index is 2.67. The zero-order valence-electron chi connectivity index (χ0n) is 57.5. The first-order valence-corrected chi connectivity index (χ1v) is 34.3. The van der Waals surface area contributed by atoms with Gasteiger partial charge in [-0.1, -0.05) is 193 Å². The summed E-state index contributed by atoms with van der Waals surface area (Å²) in [4.78, 5) is 0. The van der Waals surface area contributed by atoms with Crippen LogP contribution in [0.25, 0.3) is 0 Å². The molecule has 0 amide bonds. The van der Waals surface area contributed by atoms with E-state index in [4.69, 9.17) is 0 Å². The van der Waals surface area contributed by atoms with Gasteiger partial charge in [0.2, 0.25) is 0 Å². The van der Waals surface area contributed by atoms with Gasteiger partial charge in [0.1, 0.15) is 0 Å². The molecule has 10 fully saturated rings. The van der Waals surface area contributed by atoms with Gasteiger partial charge in [-0.2, -0.15) is 0 Å². The van der Waals surface area contributed by atoms with Crippen LogP contribution in [0, 0.1) is 166 Å². The summed E-state index contributed by atoms with van der Waals surface area (Å²) >= 11 is 0. The predicted octanol–water partition coefficient (Wildman–Crippen LogP) is 25.2. The van der Waals surface area contributed by atoms with Gasteiger partial charge in [-0.3, -0.25) is 0 Å². The molecule has 0 aromatic carbocycles. The summed E-state index contributed by atoms with van der Waals surface area (Å²) in [6, 6.07) is 0. The Morgan fingerprint density at radius 2 is 0.658 bits per heavy atom. The van der Waals surface area contributed by atoms with Crippen molar-refractivity contribution in [3.63, 3.8) is 0 Å². The van der Waals surface area contributed by atoms with Crippen LogP contribution >= 0.6 is 0 Å². The van der Waals surface area contributed by atoms with Crippen LogP contribution in [0.5, 0.6) is 0 Å². The summed E-state index contributed by atoms with van der Waals surface area (Å²) in [6.07, 6.45) is 49.1. The molecule has 0 nitrogen and oxygen atoms in total. The van der Waals surface area contributed by atoms with Crippen LogP contribution in [-0.2, 0) is 26.2 Å². The van der Waals surface area contributed by atoms with Crippen molar-refractivity contribution in [1.29, 1.82) is 0 Å². The maximum atomic E-state index is 2.67. The molecular formula is C78H142Zr. The Bertz CT molecular complexity index is 1610. The van der Waals surface area contributed by atoms with Crippen molar-refractivity contribution in [2.24, 2.45) is 136 Å². The second kappa shape index (κ2) is 37.4. The number of allylic oxidation sites excluding steroid dienone is 8. The van der Waals surface area contributed by atoms with Crippen LogP contribution in [0.15, 0.2) is 46.6 Å². The summed E-state index contributed by atoms with van der Waals surface area (Å²) < 4.78 is 0. The van der Waals surface area contributed by atoms with Crippen LogP contribution in [-0.4, -0.2) is 0 Å². The van der Waals surface area contributed by atoms with E-state index in [0.29, 0.717) is 0 Å². The Hall–Kier alpha value is -0.157. The third kappa shape index (κ3) is 19.9. The first-order valence-electron chi connectivity index (χ1n) is 34.3. The van der Waals surface area contributed by atoms with Crippen LogP contribution in [0.2, 0.25) is 0 Å². The average Bonchev–Trinajstić information content (AvgIpc) is 4.31. The van der Waals surface area contributed by atoms with Gasteiger partial charge in [0.25, 0.3) is 0 Å². The molecule has 0 aromatic rings. The van der Waals surface area contributed by atoms with Gasteiger partial charge in [0, 0.05) is 0 Å². The Kier molecular flexibility index (Phi) is 36.4. The molecule has 0 radical (unpaired) electrons. The van der Waals surface area contributed by atoms with Gasteiger partial charge in [0.15, 0.2) is 0 Å². The molecular weight excluding hydrogens is 1030 g/mol. The predicted molar refractivity (Wildman–Crippen MR) is 355 cm³/mol. The van der Waals surface area contributed by atoms with E-state index >= 15 is 0 Å². The summed E-state index contributed by atoms with van der Waals surface area (Å²) in [5.74, 6) is 22.7. The van der Waals surface area contributed by atoms with E-state index < -0.39 is 0 Å². The molecule has 12 aliphatic carbocycles. The molecule has 12 unspecified atom stereocenters. The Balaban J connectivity index is 0.000000483. The van der Waals surface area contributed by atoms with Gasteiger partial charge in [-0.25, -0.2) is 0 Å². The fourth-order valence-corrected chi connectivity index (χ4v) is 19.0. The molecule has 0 spiro atoms. The topological polar surface area (TPSA) is 0 Å².